The summed E-state index contributed by atoms with van der Waals surface area (Å²) in [7, 11) is 5.62. The van der Waals surface area contributed by atoms with E-state index in [-0.39, 0.29) is 11.3 Å². The third-order valence-corrected chi connectivity index (χ3v) is 6.49. The van der Waals surface area contributed by atoms with Gasteiger partial charge in [0.05, 0.1) is 24.2 Å². The Labute approximate surface area is 225 Å². The fourth-order valence-electron chi connectivity index (χ4n) is 3.75. The fourth-order valence-corrected chi connectivity index (χ4v) is 4.22. The van der Waals surface area contributed by atoms with Gasteiger partial charge < -0.3 is 20.7 Å². The Morgan fingerprint density at radius 1 is 1.24 bits per heavy atom. The number of nitrogens with one attached hydrogen (secondary N) is 1. The lowest BCUT2D eigenvalue weighted by atomic mass is 9.85. The second-order valence-corrected chi connectivity index (χ2v) is 10.9. The maximum atomic E-state index is 13.4. The Morgan fingerprint density at radius 3 is 2.46 bits per heavy atom. The van der Waals surface area contributed by atoms with E-state index in [1.54, 1.807) is 31.6 Å². The van der Waals surface area contributed by atoms with Gasteiger partial charge in [-0.1, -0.05) is 32.9 Å². The maximum Gasteiger partial charge on any atom is 0.255 e. The summed E-state index contributed by atoms with van der Waals surface area (Å²) < 4.78 is 5.75. The highest BCUT2D eigenvalue weighted by molar-refractivity contribution is 8.02. The second-order valence-electron chi connectivity index (χ2n) is 10.0. The van der Waals surface area contributed by atoms with Crippen molar-refractivity contribution in [2.24, 2.45) is 16.6 Å². The first kappa shape index (κ1) is 30.0. The standard InChI is InChI=1S/C28H40N6O2S/c1-18-10-11-19(13-24(18)34(30)17-22(29)25(37-9)15-31-5)27(35)32-23-14-21(28(2,3)4)12-20(16-33(6)7)26(23)36-8/h10-15,17H,5,16,29-30H2,1-4,6-9H3,(H,32,35)/b22-17-,25-15-. The highest BCUT2D eigenvalue weighted by Gasteiger charge is 2.22. The highest BCUT2D eigenvalue weighted by Crippen LogP contribution is 2.36. The molecule has 0 unspecified atom stereocenters. The average Bonchev–Trinajstić information content (AvgIpc) is 2.81. The molecule has 0 aromatic heterocycles. The van der Waals surface area contributed by atoms with Crippen LogP contribution in [-0.2, 0) is 12.0 Å². The number of nitrogens with zero attached hydrogens (tertiary/aromatic N) is 3. The van der Waals surface area contributed by atoms with Crippen molar-refractivity contribution in [3.8, 4) is 5.75 Å². The zero-order valence-corrected chi connectivity index (χ0v) is 24.0. The van der Waals surface area contributed by atoms with Gasteiger partial charge in [0.15, 0.2) is 0 Å². The molecule has 2 aromatic rings. The number of anilines is 2. The third kappa shape index (κ3) is 7.85. The smallest absolute Gasteiger partial charge is 0.255 e. The zero-order chi connectivity index (χ0) is 27.9. The monoisotopic (exact) mass is 524 g/mol. The first-order chi connectivity index (χ1) is 17.3. The van der Waals surface area contributed by atoms with E-state index in [1.165, 1.54) is 16.8 Å². The number of rotatable bonds is 10. The predicted octanol–water partition coefficient (Wildman–Crippen LogP) is 5.00. The van der Waals surface area contributed by atoms with Crippen LogP contribution in [0.4, 0.5) is 11.4 Å². The number of thioether (sulfide) groups is 1. The molecular weight excluding hydrogens is 484 g/mol. The van der Waals surface area contributed by atoms with Crippen LogP contribution < -0.4 is 26.6 Å². The summed E-state index contributed by atoms with van der Waals surface area (Å²) in [6, 6.07) is 9.48. The molecular formula is C28H40N6O2S. The number of methoxy groups -OCH3 is 1. The number of ether oxygens (including phenoxy) is 1. The number of nitrogens with two attached hydrogens (primary N) is 2. The van der Waals surface area contributed by atoms with Crippen molar-refractivity contribution in [1.29, 1.82) is 0 Å². The van der Waals surface area contributed by atoms with Crippen LogP contribution in [0.25, 0.3) is 0 Å². The van der Waals surface area contributed by atoms with E-state index in [4.69, 9.17) is 16.3 Å². The number of benzene rings is 2. The fraction of sp³-hybridized carbons (Fsp3) is 0.357. The Bertz CT molecular complexity index is 1200. The molecule has 1 amide bonds. The van der Waals surface area contributed by atoms with Crippen LogP contribution in [-0.4, -0.2) is 45.0 Å². The van der Waals surface area contributed by atoms with Crippen molar-refractivity contribution in [2.45, 2.75) is 39.7 Å². The van der Waals surface area contributed by atoms with E-state index < -0.39 is 0 Å². The summed E-state index contributed by atoms with van der Waals surface area (Å²) in [6.07, 6.45) is 5.06. The number of amides is 1. The summed E-state index contributed by atoms with van der Waals surface area (Å²) in [5.74, 6) is 6.70. The molecule has 5 N–H and O–H groups in total. The normalized spacial score (nSPS) is 12.5. The summed E-state index contributed by atoms with van der Waals surface area (Å²) >= 11 is 1.44. The first-order valence-corrected chi connectivity index (χ1v) is 13.0. The van der Waals surface area contributed by atoms with Crippen molar-refractivity contribution in [2.75, 3.05) is 37.8 Å². The molecule has 37 heavy (non-hydrogen) atoms. The van der Waals surface area contributed by atoms with Gasteiger partial charge in [-0.15, -0.1) is 11.8 Å². The molecule has 0 fully saturated rings. The number of hydrogen-bond acceptors (Lipinski definition) is 8. The lowest BCUT2D eigenvalue weighted by Gasteiger charge is -2.25. The van der Waals surface area contributed by atoms with Crippen LogP contribution in [0.15, 0.2) is 58.3 Å². The van der Waals surface area contributed by atoms with Crippen molar-refractivity contribution in [3.05, 3.63) is 75.6 Å². The molecule has 0 saturated heterocycles. The number of hydrogen-bond donors (Lipinski definition) is 3. The number of carbonyl (C=O) groups excluding carboxylic acids is 1. The van der Waals surface area contributed by atoms with Crippen LogP contribution in [0.3, 0.4) is 0 Å². The van der Waals surface area contributed by atoms with Crippen LogP contribution in [0.5, 0.6) is 5.75 Å². The van der Waals surface area contributed by atoms with Gasteiger partial charge in [-0.2, -0.15) is 0 Å². The van der Waals surface area contributed by atoms with Gasteiger partial charge in [-0.3, -0.25) is 14.8 Å². The Hall–Kier alpha value is -3.27. The maximum absolute atomic E-state index is 13.4. The van der Waals surface area contributed by atoms with E-state index in [0.29, 0.717) is 34.9 Å². The first-order valence-electron chi connectivity index (χ1n) is 11.8. The molecule has 9 heteroatoms. The molecule has 2 aromatic carbocycles. The van der Waals surface area contributed by atoms with Crippen molar-refractivity contribution >= 4 is 35.8 Å². The quantitative estimate of drug-likeness (QED) is 0.174. The summed E-state index contributed by atoms with van der Waals surface area (Å²) in [6.45, 7) is 12.5. The molecule has 8 nitrogen and oxygen atoms in total. The lowest BCUT2D eigenvalue weighted by Crippen LogP contribution is -2.27. The van der Waals surface area contributed by atoms with Gasteiger partial charge >= 0.3 is 0 Å². The third-order valence-electron chi connectivity index (χ3n) is 5.71. The van der Waals surface area contributed by atoms with Crippen LogP contribution in [0.2, 0.25) is 0 Å². The Kier molecular flexibility index (Phi) is 10.4. The zero-order valence-electron chi connectivity index (χ0n) is 23.2. The van der Waals surface area contributed by atoms with Crippen LogP contribution in [0, 0.1) is 6.92 Å². The van der Waals surface area contributed by atoms with Gasteiger partial charge in [0.25, 0.3) is 5.91 Å². The predicted molar refractivity (Wildman–Crippen MR) is 158 cm³/mol. The number of hydrazine groups is 1. The number of aliphatic imine (C=N–C) groups is 1. The van der Waals surface area contributed by atoms with Gasteiger partial charge in [0, 0.05) is 35.0 Å². The minimum atomic E-state index is -0.271. The topological polar surface area (TPSA) is 109 Å². The van der Waals surface area contributed by atoms with Gasteiger partial charge in [0.2, 0.25) is 0 Å². The molecule has 0 spiro atoms. The minimum absolute atomic E-state index is 0.110. The minimum Gasteiger partial charge on any atom is -0.494 e. The molecule has 0 atom stereocenters. The van der Waals surface area contributed by atoms with E-state index >= 15 is 0 Å². The van der Waals surface area contributed by atoms with Crippen LogP contribution in [0.1, 0.15) is 47.8 Å². The van der Waals surface area contributed by atoms with E-state index in [1.807, 2.05) is 39.4 Å². The van der Waals surface area contributed by atoms with Crippen molar-refractivity contribution < 1.29 is 9.53 Å². The largest absolute Gasteiger partial charge is 0.494 e. The van der Waals surface area contributed by atoms with E-state index in [9.17, 15) is 4.79 Å². The molecule has 0 aliphatic carbocycles. The molecule has 0 heterocycles. The summed E-state index contributed by atoms with van der Waals surface area (Å²) in [5, 5.41) is 4.47. The van der Waals surface area contributed by atoms with Crippen molar-refractivity contribution in [1.82, 2.24) is 4.90 Å². The summed E-state index contributed by atoms with van der Waals surface area (Å²) in [5.41, 5.74) is 11.2. The van der Waals surface area contributed by atoms with Gasteiger partial charge in [-0.05, 0) is 68.7 Å². The van der Waals surface area contributed by atoms with E-state index in [0.717, 1.165) is 21.6 Å². The lowest BCUT2D eigenvalue weighted by molar-refractivity contribution is 0.102. The average molecular weight is 525 g/mol. The molecule has 0 aliphatic heterocycles. The van der Waals surface area contributed by atoms with Gasteiger partial charge in [0.1, 0.15) is 5.75 Å². The van der Waals surface area contributed by atoms with Crippen molar-refractivity contribution in [3.63, 3.8) is 0 Å². The van der Waals surface area contributed by atoms with Gasteiger partial charge in [-0.25, -0.2) is 5.84 Å². The highest BCUT2D eigenvalue weighted by atomic mass is 32.2. The Morgan fingerprint density at radius 2 is 1.92 bits per heavy atom. The van der Waals surface area contributed by atoms with E-state index in [2.05, 4.69) is 48.8 Å². The molecule has 0 bridgehead atoms. The summed E-state index contributed by atoms with van der Waals surface area (Å²) in [4.78, 5) is 20.0. The molecule has 0 aliphatic rings. The number of aryl methyl sites for hydroxylation is 1. The molecule has 2 rings (SSSR count). The Balaban J connectivity index is 2.48. The second kappa shape index (κ2) is 12.8. The molecule has 0 saturated carbocycles. The molecule has 200 valence electrons. The van der Waals surface area contributed by atoms with Crippen LogP contribution >= 0.6 is 11.8 Å². The molecule has 0 radical (unpaired) electrons. The SMILES string of the molecule is C=N/C=C(SC)/C(N)=C/N(N)c1cc(C(=O)Nc2cc(C(C)(C)C)cc(CN(C)C)c2OC)ccc1C. The number of carbonyl (C=O) groups is 1.